The first-order valence-electron chi connectivity index (χ1n) is 10.8. The molecule has 1 aromatic carbocycles. The minimum atomic E-state index is -4.65. The van der Waals surface area contributed by atoms with Crippen LogP contribution in [0.5, 0.6) is 0 Å². The van der Waals surface area contributed by atoms with E-state index in [1.54, 1.807) is 26.1 Å². The maximum absolute atomic E-state index is 13.9. The van der Waals surface area contributed by atoms with Gasteiger partial charge in [-0.2, -0.15) is 13.2 Å². The van der Waals surface area contributed by atoms with E-state index in [0.717, 1.165) is 12.6 Å². The van der Waals surface area contributed by atoms with Gasteiger partial charge in [0.15, 0.2) is 0 Å². The van der Waals surface area contributed by atoms with E-state index in [1.165, 1.54) is 22.8 Å². The highest BCUT2D eigenvalue weighted by Crippen LogP contribution is 2.45. The van der Waals surface area contributed by atoms with E-state index in [2.05, 4.69) is 4.99 Å². The minimum absolute atomic E-state index is 0.0622. The zero-order chi connectivity index (χ0) is 24.3. The predicted octanol–water partition coefficient (Wildman–Crippen LogP) is 4.24. The Balaban J connectivity index is 2.24. The molecule has 0 aliphatic carbocycles. The molecule has 9 heteroatoms. The van der Waals surface area contributed by atoms with Crippen molar-refractivity contribution in [2.24, 2.45) is 10.9 Å². The van der Waals surface area contributed by atoms with Crippen molar-refractivity contribution in [3.05, 3.63) is 63.6 Å². The number of nitrogens with zero attached hydrogens (tertiary/aromatic N) is 3. The zero-order valence-electron chi connectivity index (χ0n) is 19.1. The second kappa shape index (κ2) is 9.91. The first-order chi connectivity index (χ1) is 15.6. The Morgan fingerprint density at radius 3 is 2.55 bits per heavy atom. The molecule has 0 N–H and O–H groups in total. The molecule has 2 atom stereocenters. The smallest absolute Gasteiger partial charge is 0.416 e. The van der Waals surface area contributed by atoms with Gasteiger partial charge >= 0.3 is 12.1 Å². The second-order valence-electron chi connectivity index (χ2n) is 8.32. The Hall–Kier alpha value is -2.94. The van der Waals surface area contributed by atoms with E-state index >= 15 is 0 Å². The van der Waals surface area contributed by atoms with Crippen LogP contribution in [0.2, 0.25) is 0 Å². The number of alkyl halides is 3. The van der Waals surface area contributed by atoms with Crippen LogP contribution < -0.4 is 5.56 Å². The average molecular weight is 464 g/mol. The number of carbonyl (C=O) groups excluding carboxylic acids is 1. The molecule has 33 heavy (non-hydrogen) atoms. The third-order valence-corrected chi connectivity index (χ3v) is 5.72. The van der Waals surface area contributed by atoms with Crippen LogP contribution in [0.25, 0.3) is 0 Å². The number of rotatable bonds is 7. The molecule has 0 radical (unpaired) electrons. The molecule has 3 rings (SSSR count). The average Bonchev–Trinajstić information content (AvgIpc) is 2.73. The molecule has 0 fully saturated rings. The number of hydrogen-bond donors (Lipinski definition) is 0. The van der Waals surface area contributed by atoms with E-state index in [9.17, 15) is 22.8 Å². The van der Waals surface area contributed by atoms with E-state index in [1.807, 2.05) is 19.0 Å². The number of carbonyl (C=O) groups is 1. The molecule has 0 amide bonds. The molecule has 0 bridgehead atoms. The lowest BCUT2D eigenvalue weighted by molar-refractivity contribution is -0.147. The number of hydrogen-bond acceptors (Lipinski definition) is 5. The number of benzene rings is 1. The highest BCUT2D eigenvalue weighted by atomic mass is 19.4. The molecule has 2 unspecified atom stereocenters. The fourth-order valence-corrected chi connectivity index (χ4v) is 4.27. The van der Waals surface area contributed by atoms with E-state index in [-0.39, 0.29) is 23.4 Å². The van der Waals surface area contributed by atoms with E-state index < -0.39 is 35.1 Å². The van der Waals surface area contributed by atoms with Crippen molar-refractivity contribution in [2.75, 3.05) is 27.2 Å². The summed E-state index contributed by atoms with van der Waals surface area (Å²) in [5.41, 5.74) is -0.785. The Kier molecular flexibility index (Phi) is 7.41. The van der Waals surface area contributed by atoms with Crippen molar-refractivity contribution in [3.8, 4) is 0 Å². The molecule has 0 saturated heterocycles. The van der Waals surface area contributed by atoms with Gasteiger partial charge in [0.1, 0.15) is 5.92 Å². The zero-order valence-corrected chi connectivity index (χ0v) is 19.1. The predicted molar refractivity (Wildman–Crippen MR) is 120 cm³/mol. The summed E-state index contributed by atoms with van der Waals surface area (Å²) in [6.07, 6.45) is -2.37. The lowest BCUT2D eigenvalue weighted by atomic mass is 9.75. The number of aryl methyl sites for hydroxylation is 1. The molecule has 0 spiro atoms. The summed E-state index contributed by atoms with van der Waals surface area (Å²) in [7, 11) is 3.84. The molecule has 1 aliphatic heterocycles. The van der Waals surface area contributed by atoms with Crippen LogP contribution in [0, 0.1) is 5.92 Å². The summed E-state index contributed by atoms with van der Waals surface area (Å²) in [5, 5.41) is 0. The van der Waals surface area contributed by atoms with Crippen LogP contribution >= 0.6 is 0 Å². The maximum atomic E-state index is 13.9. The topological polar surface area (TPSA) is 63.9 Å². The molecule has 178 valence electrons. The largest absolute Gasteiger partial charge is 0.465 e. The van der Waals surface area contributed by atoms with Gasteiger partial charge in [0.05, 0.1) is 23.4 Å². The van der Waals surface area contributed by atoms with Crippen LogP contribution in [0.1, 0.15) is 42.9 Å². The highest BCUT2D eigenvalue weighted by molar-refractivity contribution is 6.05. The summed E-state index contributed by atoms with van der Waals surface area (Å²) < 4.78 is 48.5. The number of pyridine rings is 1. The summed E-state index contributed by atoms with van der Waals surface area (Å²) >= 11 is 0. The van der Waals surface area contributed by atoms with Gasteiger partial charge < -0.3 is 14.2 Å². The second-order valence-corrected chi connectivity index (χ2v) is 8.32. The van der Waals surface area contributed by atoms with Crippen LogP contribution in [0.3, 0.4) is 0 Å². The SMILES string of the molecule is CCOC(=O)C1C(C)=Nc2ccn(CCCN(C)C)c(=O)c2C1c1ccccc1C(F)(F)F. The number of halogens is 3. The Morgan fingerprint density at radius 2 is 1.91 bits per heavy atom. The molecule has 2 heterocycles. The van der Waals surface area contributed by atoms with Crippen molar-refractivity contribution in [1.29, 1.82) is 0 Å². The van der Waals surface area contributed by atoms with Crippen LogP contribution in [0.15, 0.2) is 46.3 Å². The minimum Gasteiger partial charge on any atom is -0.465 e. The number of aromatic nitrogens is 1. The third kappa shape index (κ3) is 5.19. The first-order valence-corrected chi connectivity index (χ1v) is 10.8. The van der Waals surface area contributed by atoms with Gasteiger partial charge in [-0.1, -0.05) is 18.2 Å². The number of ether oxygens (including phenoxy) is 1. The monoisotopic (exact) mass is 463 g/mol. The molecule has 0 saturated carbocycles. The lowest BCUT2D eigenvalue weighted by Gasteiger charge is -2.32. The number of aliphatic imine (C=N–C) groups is 1. The van der Waals surface area contributed by atoms with Crippen molar-refractivity contribution < 1.29 is 22.7 Å². The highest BCUT2D eigenvalue weighted by Gasteiger charge is 2.44. The molecule has 2 aromatic rings. The first kappa shape index (κ1) is 24.7. The summed E-state index contributed by atoms with van der Waals surface area (Å²) in [4.78, 5) is 32.8. The summed E-state index contributed by atoms with van der Waals surface area (Å²) in [6, 6.07) is 6.69. The molecular formula is C24H28F3N3O3. The summed E-state index contributed by atoms with van der Waals surface area (Å²) in [6.45, 7) is 4.40. The van der Waals surface area contributed by atoms with Crippen LogP contribution in [0.4, 0.5) is 18.9 Å². The molecule has 1 aliphatic rings. The van der Waals surface area contributed by atoms with Crippen molar-refractivity contribution in [3.63, 3.8) is 0 Å². The van der Waals surface area contributed by atoms with Gasteiger partial charge in [-0.3, -0.25) is 14.6 Å². The summed E-state index contributed by atoms with van der Waals surface area (Å²) in [5.74, 6) is -3.00. The van der Waals surface area contributed by atoms with Gasteiger partial charge in [-0.15, -0.1) is 0 Å². The van der Waals surface area contributed by atoms with Crippen LogP contribution in [-0.2, 0) is 22.3 Å². The fraction of sp³-hybridized carbons (Fsp3) is 0.458. The quantitative estimate of drug-likeness (QED) is 0.577. The number of fused-ring (bicyclic) bond motifs is 1. The normalized spacial score (nSPS) is 18.1. The fourth-order valence-electron chi connectivity index (χ4n) is 4.27. The van der Waals surface area contributed by atoms with Gasteiger partial charge in [0.2, 0.25) is 0 Å². The lowest BCUT2D eigenvalue weighted by Crippen LogP contribution is -2.38. The van der Waals surface area contributed by atoms with Gasteiger partial charge in [0, 0.05) is 24.4 Å². The maximum Gasteiger partial charge on any atom is 0.416 e. The third-order valence-electron chi connectivity index (χ3n) is 5.72. The van der Waals surface area contributed by atoms with E-state index in [0.29, 0.717) is 18.7 Å². The number of esters is 1. The van der Waals surface area contributed by atoms with Gasteiger partial charge in [-0.25, -0.2) is 0 Å². The Bertz CT molecular complexity index is 1110. The van der Waals surface area contributed by atoms with Crippen molar-refractivity contribution in [1.82, 2.24) is 9.47 Å². The molecule has 1 aromatic heterocycles. The van der Waals surface area contributed by atoms with Gasteiger partial charge in [0.25, 0.3) is 5.56 Å². The van der Waals surface area contributed by atoms with Crippen molar-refractivity contribution >= 4 is 17.4 Å². The Labute approximate surface area is 190 Å². The molecule has 6 nitrogen and oxygen atoms in total. The van der Waals surface area contributed by atoms with Crippen molar-refractivity contribution in [2.45, 2.75) is 38.9 Å². The Morgan fingerprint density at radius 1 is 1.21 bits per heavy atom. The molecular weight excluding hydrogens is 435 g/mol. The standard InChI is InChI=1S/C24H28F3N3O3/c1-5-33-23(32)19-15(2)28-18-11-14-30(13-8-12-29(3)4)22(31)21(18)20(19)16-9-6-7-10-17(16)24(25,26)27/h6-7,9-11,14,19-20H,5,8,12-13H2,1-4H3. The van der Waals surface area contributed by atoms with Gasteiger partial charge in [-0.05, 0) is 58.6 Å². The van der Waals surface area contributed by atoms with Crippen LogP contribution in [-0.4, -0.2) is 48.4 Å². The van der Waals surface area contributed by atoms with E-state index in [4.69, 9.17) is 4.74 Å².